The number of fused-ring (bicyclic) bond motifs is 2. The normalized spacial score (nSPS) is 11.0. The van der Waals surface area contributed by atoms with Crippen molar-refractivity contribution in [2.75, 3.05) is 7.11 Å². The lowest BCUT2D eigenvalue weighted by Gasteiger charge is -2.11. The molecule has 3 nitrogen and oxygen atoms in total. The van der Waals surface area contributed by atoms with E-state index in [-0.39, 0.29) is 5.82 Å². The largest absolute Gasteiger partial charge is 0.465 e. The lowest BCUT2D eigenvalue weighted by molar-refractivity contribution is 0.0602. The Kier molecular flexibility index (Phi) is 3.65. The number of aromatic nitrogens is 1. The summed E-state index contributed by atoms with van der Waals surface area (Å²) in [5.41, 5.74) is 3.48. The molecule has 0 amide bonds. The highest BCUT2D eigenvalue weighted by atomic mass is 19.1. The zero-order chi connectivity index (χ0) is 17.4. The van der Waals surface area contributed by atoms with Crippen LogP contribution in [-0.4, -0.2) is 18.1 Å². The number of carbonyl (C=O) groups excluding carboxylic acids is 1. The minimum atomic E-state index is -0.436. The standard InChI is InChI=1S/C21H14FNO2/c1-25-21(24)18-11-15-10-14-4-2-3-5-19(14)23-20(15)12-17(18)13-6-8-16(22)9-7-13/h2-12H,1H3. The van der Waals surface area contributed by atoms with Crippen molar-refractivity contribution < 1.29 is 13.9 Å². The van der Waals surface area contributed by atoms with Crippen molar-refractivity contribution in [1.82, 2.24) is 4.98 Å². The van der Waals surface area contributed by atoms with Crippen LogP contribution >= 0.6 is 0 Å². The van der Waals surface area contributed by atoms with Crippen molar-refractivity contribution in [3.63, 3.8) is 0 Å². The SMILES string of the molecule is COC(=O)c1cc2cc3ccccc3nc2cc1-c1ccc(F)cc1. The van der Waals surface area contributed by atoms with Crippen LogP contribution in [0.4, 0.5) is 4.39 Å². The Balaban J connectivity index is 2.02. The second-order valence-electron chi connectivity index (χ2n) is 5.77. The maximum absolute atomic E-state index is 13.3. The fourth-order valence-corrected chi connectivity index (χ4v) is 2.97. The summed E-state index contributed by atoms with van der Waals surface area (Å²) in [7, 11) is 1.35. The average molecular weight is 331 g/mol. The lowest BCUT2D eigenvalue weighted by Crippen LogP contribution is -2.04. The van der Waals surface area contributed by atoms with Gasteiger partial charge in [0, 0.05) is 10.8 Å². The molecule has 0 N–H and O–H groups in total. The van der Waals surface area contributed by atoms with Gasteiger partial charge in [-0.3, -0.25) is 0 Å². The maximum Gasteiger partial charge on any atom is 0.338 e. The third kappa shape index (κ3) is 2.72. The van der Waals surface area contributed by atoms with Gasteiger partial charge in [-0.2, -0.15) is 0 Å². The third-order valence-electron chi connectivity index (χ3n) is 4.22. The Morgan fingerprint density at radius 3 is 2.44 bits per heavy atom. The fraction of sp³-hybridized carbons (Fsp3) is 0.0476. The van der Waals surface area contributed by atoms with Gasteiger partial charge in [-0.1, -0.05) is 30.3 Å². The van der Waals surface area contributed by atoms with Crippen LogP contribution in [0.15, 0.2) is 66.7 Å². The average Bonchev–Trinajstić information content (AvgIpc) is 2.65. The lowest BCUT2D eigenvalue weighted by atomic mass is 9.96. The monoisotopic (exact) mass is 331 g/mol. The number of methoxy groups -OCH3 is 1. The Bertz CT molecular complexity index is 1100. The number of ether oxygens (including phenoxy) is 1. The highest BCUT2D eigenvalue weighted by molar-refractivity contribution is 6.04. The van der Waals surface area contributed by atoms with Gasteiger partial charge in [-0.05, 0) is 47.5 Å². The van der Waals surface area contributed by atoms with Gasteiger partial charge in [0.1, 0.15) is 5.82 Å². The Labute approximate surface area is 143 Å². The molecule has 0 aliphatic heterocycles. The number of pyridine rings is 1. The molecular formula is C21H14FNO2. The molecule has 0 spiro atoms. The molecule has 4 rings (SSSR count). The minimum Gasteiger partial charge on any atom is -0.465 e. The van der Waals surface area contributed by atoms with Crippen molar-refractivity contribution >= 4 is 27.8 Å². The molecular weight excluding hydrogens is 317 g/mol. The van der Waals surface area contributed by atoms with E-state index >= 15 is 0 Å². The van der Waals surface area contributed by atoms with Crippen molar-refractivity contribution in [2.45, 2.75) is 0 Å². The number of hydrogen-bond acceptors (Lipinski definition) is 3. The molecule has 0 saturated carbocycles. The number of benzene rings is 3. The topological polar surface area (TPSA) is 39.2 Å². The molecule has 0 unspecified atom stereocenters. The van der Waals surface area contributed by atoms with E-state index in [1.54, 1.807) is 18.2 Å². The predicted molar refractivity (Wildman–Crippen MR) is 96.0 cm³/mol. The molecule has 0 aliphatic carbocycles. The van der Waals surface area contributed by atoms with Crippen LogP contribution in [0, 0.1) is 5.82 Å². The van der Waals surface area contributed by atoms with Gasteiger partial charge >= 0.3 is 5.97 Å². The van der Waals surface area contributed by atoms with E-state index < -0.39 is 5.97 Å². The molecule has 0 bridgehead atoms. The summed E-state index contributed by atoms with van der Waals surface area (Å²) in [6, 6.07) is 19.5. The summed E-state index contributed by atoms with van der Waals surface area (Å²) < 4.78 is 18.2. The van der Waals surface area contributed by atoms with Crippen molar-refractivity contribution in [2.24, 2.45) is 0 Å². The van der Waals surface area contributed by atoms with E-state index in [4.69, 9.17) is 4.74 Å². The molecule has 1 heterocycles. The van der Waals surface area contributed by atoms with Crippen LogP contribution < -0.4 is 0 Å². The summed E-state index contributed by atoms with van der Waals surface area (Å²) >= 11 is 0. The first-order valence-electron chi connectivity index (χ1n) is 7.83. The van der Waals surface area contributed by atoms with Crippen LogP contribution in [-0.2, 0) is 4.74 Å². The van der Waals surface area contributed by atoms with Crippen molar-refractivity contribution in [3.05, 3.63) is 78.1 Å². The highest BCUT2D eigenvalue weighted by Crippen LogP contribution is 2.30. The van der Waals surface area contributed by atoms with Gasteiger partial charge in [0.05, 0.1) is 23.7 Å². The predicted octanol–water partition coefficient (Wildman–Crippen LogP) is 4.98. The molecule has 0 saturated heterocycles. The highest BCUT2D eigenvalue weighted by Gasteiger charge is 2.16. The van der Waals surface area contributed by atoms with Crippen LogP contribution in [0.1, 0.15) is 10.4 Å². The number of esters is 1. The van der Waals surface area contributed by atoms with E-state index in [0.29, 0.717) is 11.1 Å². The van der Waals surface area contributed by atoms with Crippen LogP contribution in [0.5, 0.6) is 0 Å². The third-order valence-corrected chi connectivity index (χ3v) is 4.22. The molecule has 122 valence electrons. The number of nitrogens with zero attached hydrogens (tertiary/aromatic N) is 1. The molecule has 1 aromatic heterocycles. The van der Waals surface area contributed by atoms with E-state index in [9.17, 15) is 9.18 Å². The van der Waals surface area contributed by atoms with Gasteiger partial charge < -0.3 is 4.74 Å². The first-order valence-corrected chi connectivity index (χ1v) is 7.83. The number of rotatable bonds is 2. The number of para-hydroxylation sites is 1. The summed E-state index contributed by atoms with van der Waals surface area (Å²) in [6.07, 6.45) is 0. The smallest absolute Gasteiger partial charge is 0.338 e. The summed E-state index contributed by atoms with van der Waals surface area (Å²) in [5.74, 6) is -0.761. The number of hydrogen-bond donors (Lipinski definition) is 0. The molecule has 4 heteroatoms. The van der Waals surface area contributed by atoms with Crippen LogP contribution in [0.3, 0.4) is 0 Å². The molecule has 4 aromatic rings. The van der Waals surface area contributed by atoms with Gasteiger partial charge in [-0.25, -0.2) is 14.2 Å². The van der Waals surface area contributed by atoms with Crippen molar-refractivity contribution in [1.29, 1.82) is 0 Å². The molecule has 25 heavy (non-hydrogen) atoms. The van der Waals surface area contributed by atoms with E-state index in [1.165, 1.54) is 19.2 Å². The minimum absolute atomic E-state index is 0.326. The number of halogens is 1. The van der Waals surface area contributed by atoms with Gasteiger partial charge in [0.15, 0.2) is 0 Å². The quantitative estimate of drug-likeness (QED) is 0.384. The fourth-order valence-electron chi connectivity index (χ4n) is 2.97. The second kappa shape index (κ2) is 5.98. The molecule has 0 aliphatic rings. The zero-order valence-corrected chi connectivity index (χ0v) is 13.5. The first kappa shape index (κ1) is 15.3. The molecule has 0 radical (unpaired) electrons. The maximum atomic E-state index is 13.3. The Morgan fingerprint density at radius 2 is 1.68 bits per heavy atom. The van der Waals surface area contributed by atoms with E-state index in [2.05, 4.69) is 4.98 Å². The second-order valence-corrected chi connectivity index (χ2v) is 5.77. The van der Waals surface area contributed by atoms with E-state index in [0.717, 1.165) is 27.4 Å². The molecule has 3 aromatic carbocycles. The first-order chi connectivity index (χ1) is 12.2. The molecule has 0 atom stereocenters. The number of carbonyl (C=O) groups is 1. The summed E-state index contributed by atoms with van der Waals surface area (Å²) in [6.45, 7) is 0. The summed E-state index contributed by atoms with van der Waals surface area (Å²) in [5, 5.41) is 1.85. The van der Waals surface area contributed by atoms with Gasteiger partial charge in [0.2, 0.25) is 0 Å². The van der Waals surface area contributed by atoms with Crippen molar-refractivity contribution in [3.8, 4) is 11.1 Å². The molecule has 0 fully saturated rings. The van der Waals surface area contributed by atoms with E-state index in [1.807, 2.05) is 36.4 Å². The van der Waals surface area contributed by atoms with Crippen LogP contribution in [0.25, 0.3) is 32.9 Å². The van der Waals surface area contributed by atoms with Gasteiger partial charge in [-0.15, -0.1) is 0 Å². The zero-order valence-electron chi connectivity index (χ0n) is 13.5. The Hall–Kier alpha value is -3.27. The van der Waals surface area contributed by atoms with Gasteiger partial charge in [0.25, 0.3) is 0 Å². The van der Waals surface area contributed by atoms with Crippen LogP contribution in [0.2, 0.25) is 0 Å². The summed E-state index contributed by atoms with van der Waals surface area (Å²) in [4.78, 5) is 16.9. The Morgan fingerprint density at radius 1 is 0.920 bits per heavy atom.